The molecular weight excluding hydrogens is 348 g/mol. The second-order valence-corrected chi connectivity index (χ2v) is 6.21. The molecule has 0 aliphatic heterocycles. The van der Waals surface area contributed by atoms with Crippen LogP contribution in [0.15, 0.2) is 29.3 Å². The van der Waals surface area contributed by atoms with Gasteiger partial charge in [0.1, 0.15) is 5.52 Å². The summed E-state index contributed by atoms with van der Waals surface area (Å²) in [6.45, 7) is 2.58. The van der Waals surface area contributed by atoms with Crippen LogP contribution in [-0.2, 0) is 13.6 Å². The third-order valence-corrected chi connectivity index (χ3v) is 4.56. The minimum absolute atomic E-state index is 0.215. The first-order valence-electron chi connectivity index (χ1n) is 8.62. The number of benzene rings is 1. The van der Waals surface area contributed by atoms with Crippen molar-refractivity contribution in [3.8, 4) is 22.9 Å². The van der Waals surface area contributed by atoms with Gasteiger partial charge >= 0.3 is 5.69 Å². The molecule has 0 atom stereocenters. The fraction of sp³-hybridized carbons (Fsp3) is 0.333. The van der Waals surface area contributed by atoms with Gasteiger partial charge in [0.05, 0.1) is 20.5 Å². The van der Waals surface area contributed by atoms with Gasteiger partial charge in [-0.05, 0) is 24.6 Å². The molecule has 27 heavy (non-hydrogen) atoms. The third-order valence-electron chi connectivity index (χ3n) is 4.56. The first-order valence-corrected chi connectivity index (χ1v) is 8.62. The molecule has 0 amide bonds. The van der Waals surface area contributed by atoms with E-state index in [1.54, 1.807) is 37.2 Å². The number of hydrogen-bond donors (Lipinski definition) is 0. The summed E-state index contributed by atoms with van der Waals surface area (Å²) in [5, 5.41) is 8.57. The zero-order valence-electron chi connectivity index (χ0n) is 15.6. The zero-order chi connectivity index (χ0) is 19.1. The molecule has 0 aliphatic rings. The van der Waals surface area contributed by atoms with Gasteiger partial charge in [0, 0.05) is 19.2 Å². The monoisotopic (exact) mass is 368 g/mol. The van der Waals surface area contributed by atoms with E-state index >= 15 is 0 Å². The molecule has 0 bridgehead atoms. The summed E-state index contributed by atoms with van der Waals surface area (Å²) in [5.41, 5.74) is 2.35. The number of ether oxygens (including phenoxy) is 2. The Labute approximate surface area is 154 Å². The molecule has 0 saturated carbocycles. The number of rotatable bonds is 5. The van der Waals surface area contributed by atoms with E-state index < -0.39 is 0 Å². The van der Waals surface area contributed by atoms with Crippen molar-refractivity contribution in [1.29, 1.82) is 0 Å². The summed E-state index contributed by atoms with van der Waals surface area (Å²) in [4.78, 5) is 17.6. The van der Waals surface area contributed by atoms with Crippen molar-refractivity contribution in [3.05, 3.63) is 35.0 Å². The smallest absolute Gasteiger partial charge is 0.337 e. The lowest BCUT2D eigenvalue weighted by Crippen LogP contribution is -2.28. The maximum Gasteiger partial charge on any atom is 0.337 e. The predicted octanol–water partition coefficient (Wildman–Crippen LogP) is 1.87. The van der Waals surface area contributed by atoms with Crippen LogP contribution in [0.5, 0.6) is 11.5 Å². The lowest BCUT2D eigenvalue weighted by molar-refractivity contribution is 0.355. The number of imidazole rings is 1. The van der Waals surface area contributed by atoms with E-state index in [0.717, 1.165) is 11.9 Å². The fourth-order valence-electron chi connectivity index (χ4n) is 3.29. The highest BCUT2D eigenvalue weighted by Crippen LogP contribution is 2.32. The summed E-state index contributed by atoms with van der Waals surface area (Å²) in [6, 6.07) is 5.39. The maximum absolute atomic E-state index is 13.2. The van der Waals surface area contributed by atoms with Crippen LogP contribution in [0.2, 0.25) is 0 Å². The average Bonchev–Trinajstić information content (AvgIpc) is 3.28. The van der Waals surface area contributed by atoms with Crippen LogP contribution in [-0.4, -0.2) is 42.9 Å². The molecule has 0 aliphatic carbocycles. The van der Waals surface area contributed by atoms with E-state index in [4.69, 9.17) is 9.47 Å². The van der Waals surface area contributed by atoms with Gasteiger partial charge in [0.25, 0.3) is 0 Å². The van der Waals surface area contributed by atoms with Crippen LogP contribution in [0.25, 0.3) is 28.2 Å². The van der Waals surface area contributed by atoms with Gasteiger partial charge in [-0.2, -0.15) is 0 Å². The van der Waals surface area contributed by atoms with Gasteiger partial charge in [-0.25, -0.2) is 14.2 Å². The SMILES string of the molecule is CCCn1c(=O)n2c(-c3ccc(OC)c(OC)c3)nnc2c2c1ncn2C. The number of nitrogens with zero attached hydrogens (tertiary/aromatic N) is 6. The van der Waals surface area contributed by atoms with Crippen molar-refractivity contribution in [3.63, 3.8) is 0 Å². The second kappa shape index (κ2) is 6.42. The van der Waals surface area contributed by atoms with Crippen LogP contribution in [0.4, 0.5) is 0 Å². The van der Waals surface area contributed by atoms with Crippen LogP contribution < -0.4 is 15.2 Å². The molecule has 0 spiro atoms. The highest BCUT2D eigenvalue weighted by Gasteiger charge is 2.20. The summed E-state index contributed by atoms with van der Waals surface area (Å²) in [5.74, 6) is 1.61. The van der Waals surface area contributed by atoms with Crippen LogP contribution in [0.1, 0.15) is 13.3 Å². The maximum atomic E-state index is 13.2. The van der Waals surface area contributed by atoms with Crippen LogP contribution >= 0.6 is 0 Å². The minimum Gasteiger partial charge on any atom is -0.493 e. The van der Waals surface area contributed by atoms with E-state index in [1.807, 2.05) is 24.6 Å². The number of hydrogen-bond acceptors (Lipinski definition) is 6. The molecule has 3 heterocycles. The number of fused-ring (bicyclic) bond motifs is 3. The summed E-state index contributed by atoms with van der Waals surface area (Å²) in [6.07, 6.45) is 2.49. The van der Waals surface area contributed by atoms with Crippen molar-refractivity contribution in [1.82, 2.24) is 28.7 Å². The van der Waals surface area contributed by atoms with E-state index in [-0.39, 0.29) is 5.69 Å². The molecule has 0 N–H and O–H groups in total. The molecule has 3 aromatic heterocycles. The highest BCUT2D eigenvalue weighted by molar-refractivity contribution is 5.87. The van der Waals surface area contributed by atoms with Gasteiger partial charge in [-0.3, -0.25) is 4.57 Å². The normalized spacial score (nSPS) is 11.4. The minimum atomic E-state index is -0.215. The van der Waals surface area contributed by atoms with Crippen molar-refractivity contribution >= 4 is 16.8 Å². The second-order valence-electron chi connectivity index (χ2n) is 6.21. The molecule has 9 heteroatoms. The Balaban J connectivity index is 2.07. The third kappa shape index (κ3) is 2.46. The Morgan fingerprint density at radius 3 is 2.56 bits per heavy atom. The Morgan fingerprint density at radius 2 is 1.85 bits per heavy atom. The Kier molecular flexibility index (Phi) is 4.06. The van der Waals surface area contributed by atoms with Crippen molar-refractivity contribution in [2.24, 2.45) is 7.05 Å². The molecule has 140 valence electrons. The number of aromatic nitrogens is 6. The van der Waals surface area contributed by atoms with Gasteiger partial charge in [0.2, 0.25) is 0 Å². The van der Waals surface area contributed by atoms with Gasteiger partial charge in [-0.1, -0.05) is 6.92 Å². The average molecular weight is 368 g/mol. The summed E-state index contributed by atoms with van der Waals surface area (Å²) >= 11 is 0. The van der Waals surface area contributed by atoms with E-state index in [0.29, 0.717) is 40.7 Å². The van der Waals surface area contributed by atoms with Gasteiger partial charge in [-0.15, -0.1) is 10.2 Å². The molecule has 9 nitrogen and oxygen atoms in total. The molecule has 4 aromatic rings. The topological polar surface area (TPSA) is 88.5 Å². The Hall–Kier alpha value is -3.36. The van der Waals surface area contributed by atoms with E-state index in [9.17, 15) is 4.79 Å². The summed E-state index contributed by atoms with van der Waals surface area (Å²) < 4.78 is 15.7. The molecule has 0 saturated heterocycles. The van der Waals surface area contributed by atoms with Crippen LogP contribution in [0, 0.1) is 0 Å². The van der Waals surface area contributed by atoms with Crippen LogP contribution in [0.3, 0.4) is 0 Å². The van der Waals surface area contributed by atoms with Crippen molar-refractivity contribution in [2.75, 3.05) is 14.2 Å². The van der Waals surface area contributed by atoms with Crippen molar-refractivity contribution in [2.45, 2.75) is 19.9 Å². The van der Waals surface area contributed by atoms with E-state index in [2.05, 4.69) is 15.2 Å². The lowest BCUT2D eigenvalue weighted by atomic mass is 10.2. The highest BCUT2D eigenvalue weighted by atomic mass is 16.5. The molecule has 0 unspecified atom stereocenters. The van der Waals surface area contributed by atoms with Crippen molar-refractivity contribution < 1.29 is 9.47 Å². The molecular formula is C18H20N6O3. The van der Waals surface area contributed by atoms with Gasteiger partial charge in [0.15, 0.2) is 28.6 Å². The van der Waals surface area contributed by atoms with E-state index in [1.165, 1.54) is 4.40 Å². The number of methoxy groups -OCH3 is 2. The molecule has 0 radical (unpaired) electrons. The molecule has 1 aromatic carbocycles. The predicted molar refractivity (Wildman–Crippen MR) is 100 cm³/mol. The number of aryl methyl sites for hydroxylation is 2. The Bertz CT molecular complexity index is 1200. The first-order chi connectivity index (χ1) is 13.1. The molecule has 4 rings (SSSR count). The quantitative estimate of drug-likeness (QED) is 0.534. The lowest BCUT2D eigenvalue weighted by Gasteiger charge is -2.10. The summed E-state index contributed by atoms with van der Waals surface area (Å²) in [7, 11) is 5.02. The fourth-order valence-corrected chi connectivity index (χ4v) is 3.29. The van der Waals surface area contributed by atoms with Gasteiger partial charge < -0.3 is 14.0 Å². The molecule has 0 fully saturated rings. The zero-order valence-corrected chi connectivity index (χ0v) is 15.6. The first kappa shape index (κ1) is 17.1. The largest absolute Gasteiger partial charge is 0.493 e. The standard InChI is InChI=1S/C18H20N6O3/c1-5-8-23-16-14(22(2)10-19-16)17-21-20-15(24(17)18(23)25)11-6-7-12(26-3)13(9-11)27-4/h6-7,9-10H,5,8H2,1-4H3. The Morgan fingerprint density at radius 1 is 1.07 bits per heavy atom.